The molecule has 0 radical (unpaired) electrons. The summed E-state index contributed by atoms with van der Waals surface area (Å²) in [6.07, 6.45) is 1.58. The van der Waals surface area contributed by atoms with Crippen molar-refractivity contribution in [3.63, 3.8) is 0 Å². The predicted molar refractivity (Wildman–Crippen MR) is 115 cm³/mol. The zero-order valence-corrected chi connectivity index (χ0v) is 16.6. The zero-order valence-electron chi connectivity index (χ0n) is 16.6. The van der Waals surface area contributed by atoms with Crippen LogP contribution in [0.4, 0.5) is 5.69 Å². The molecule has 3 aromatic rings. The summed E-state index contributed by atoms with van der Waals surface area (Å²) in [6.45, 7) is 0.0995. The van der Waals surface area contributed by atoms with Gasteiger partial charge in [-0.2, -0.15) is 0 Å². The van der Waals surface area contributed by atoms with Crippen LogP contribution in [0.25, 0.3) is 11.6 Å². The van der Waals surface area contributed by atoms with Crippen LogP contribution < -0.4 is 4.74 Å². The first-order valence-corrected chi connectivity index (χ1v) is 9.52. The SMILES string of the molecule is COc1ccc(CN2C(=O)C(=Cc3cccc([N+](=O)[O-])c3)c3ccccc3C2=O)cc1. The Hall–Kier alpha value is -4.26. The molecule has 1 heterocycles. The van der Waals surface area contributed by atoms with Crippen molar-refractivity contribution in [2.45, 2.75) is 6.54 Å². The number of carbonyl (C=O) groups is 2. The van der Waals surface area contributed by atoms with Crippen molar-refractivity contribution < 1.29 is 19.2 Å². The smallest absolute Gasteiger partial charge is 0.270 e. The van der Waals surface area contributed by atoms with Crippen molar-refractivity contribution in [3.8, 4) is 5.75 Å². The largest absolute Gasteiger partial charge is 0.497 e. The molecule has 154 valence electrons. The summed E-state index contributed by atoms with van der Waals surface area (Å²) in [4.78, 5) is 38.2. The molecule has 1 aliphatic rings. The van der Waals surface area contributed by atoms with Crippen LogP contribution >= 0.6 is 0 Å². The molecule has 0 bridgehead atoms. The molecule has 0 fully saturated rings. The lowest BCUT2D eigenvalue weighted by Gasteiger charge is -2.28. The summed E-state index contributed by atoms with van der Waals surface area (Å²) >= 11 is 0. The van der Waals surface area contributed by atoms with Gasteiger partial charge in [0.25, 0.3) is 17.5 Å². The second-order valence-corrected chi connectivity index (χ2v) is 7.00. The summed E-state index contributed by atoms with van der Waals surface area (Å²) in [5, 5.41) is 11.1. The van der Waals surface area contributed by atoms with Gasteiger partial charge >= 0.3 is 0 Å². The lowest BCUT2D eigenvalue weighted by atomic mass is 9.91. The summed E-state index contributed by atoms with van der Waals surface area (Å²) in [5.41, 5.74) is 2.44. The first-order chi connectivity index (χ1) is 15.0. The molecule has 31 heavy (non-hydrogen) atoms. The number of ether oxygens (including phenoxy) is 1. The summed E-state index contributed by atoms with van der Waals surface area (Å²) in [5.74, 6) is -0.157. The van der Waals surface area contributed by atoms with Crippen molar-refractivity contribution in [2.24, 2.45) is 0 Å². The monoisotopic (exact) mass is 414 g/mol. The summed E-state index contributed by atoms with van der Waals surface area (Å²) in [7, 11) is 1.56. The molecule has 0 aliphatic carbocycles. The molecule has 0 atom stereocenters. The third-order valence-corrected chi connectivity index (χ3v) is 5.06. The minimum absolute atomic E-state index is 0.0722. The molecule has 4 rings (SSSR count). The maximum atomic E-state index is 13.3. The van der Waals surface area contributed by atoms with E-state index in [1.807, 2.05) is 0 Å². The Kier molecular flexibility index (Phi) is 5.32. The maximum absolute atomic E-state index is 13.3. The number of hydrogen-bond acceptors (Lipinski definition) is 5. The van der Waals surface area contributed by atoms with Gasteiger partial charge in [-0.15, -0.1) is 0 Å². The van der Waals surface area contributed by atoms with Crippen LogP contribution in [0.15, 0.2) is 72.8 Å². The Bertz CT molecular complexity index is 1210. The number of non-ortho nitro benzene ring substituents is 1. The highest BCUT2D eigenvalue weighted by atomic mass is 16.6. The molecular formula is C24H18N2O5. The standard InChI is InChI=1S/C24H18N2O5/c1-31-19-11-9-16(10-12-19)15-25-23(27)21-8-3-2-7-20(21)22(24(25)28)14-17-5-4-6-18(13-17)26(29)30/h2-14H,15H2,1H3. The van der Waals surface area contributed by atoms with Crippen LogP contribution in [0.2, 0.25) is 0 Å². The number of hydrogen-bond donors (Lipinski definition) is 0. The van der Waals surface area contributed by atoms with Gasteiger partial charge in [0, 0.05) is 23.3 Å². The number of imide groups is 1. The first kappa shape index (κ1) is 20.0. The molecule has 0 saturated heterocycles. The van der Waals surface area contributed by atoms with Gasteiger partial charge in [-0.25, -0.2) is 0 Å². The minimum Gasteiger partial charge on any atom is -0.497 e. The highest BCUT2D eigenvalue weighted by Gasteiger charge is 2.34. The fourth-order valence-electron chi connectivity index (χ4n) is 3.49. The number of nitro groups is 1. The van der Waals surface area contributed by atoms with E-state index in [2.05, 4.69) is 0 Å². The van der Waals surface area contributed by atoms with E-state index in [-0.39, 0.29) is 18.1 Å². The van der Waals surface area contributed by atoms with Crippen molar-refractivity contribution in [1.29, 1.82) is 0 Å². The second kappa shape index (κ2) is 8.23. The number of carbonyl (C=O) groups excluding carboxylic acids is 2. The molecular weight excluding hydrogens is 396 g/mol. The topological polar surface area (TPSA) is 89.8 Å². The highest BCUT2D eigenvalue weighted by Crippen LogP contribution is 2.32. The highest BCUT2D eigenvalue weighted by molar-refractivity contribution is 6.33. The number of rotatable bonds is 5. The molecule has 1 aliphatic heterocycles. The number of nitrogens with zero attached hydrogens (tertiary/aromatic N) is 2. The van der Waals surface area contributed by atoms with Gasteiger partial charge in [-0.1, -0.05) is 42.5 Å². The second-order valence-electron chi connectivity index (χ2n) is 7.00. The van der Waals surface area contributed by atoms with Crippen molar-refractivity contribution in [2.75, 3.05) is 7.11 Å². The molecule has 0 aromatic heterocycles. The van der Waals surface area contributed by atoms with Gasteiger partial charge in [0.05, 0.1) is 18.6 Å². The third-order valence-electron chi connectivity index (χ3n) is 5.06. The van der Waals surface area contributed by atoms with Crippen LogP contribution in [0.5, 0.6) is 5.75 Å². The molecule has 0 spiro atoms. The molecule has 3 aromatic carbocycles. The van der Waals surface area contributed by atoms with E-state index in [0.717, 1.165) is 5.56 Å². The average molecular weight is 414 g/mol. The van der Waals surface area contributed by atoms with Crippen LogP contribution in [0.1, 0.15) is 27.0 Å². The Labute approximate surface area is 178 Å². The Balaban J connectivity index is 1.76. The van der Waals surface area contributed by atoms with Crippen molar-refractivity contribution in [3.05, 3.63) is 105 Å². The lowest BCUT2D eigenvalue weighted by Crippen LogP contribution is -2.41. The Morgan fingerprint density at radius 1 is 0.935 bits per heavy atom. The summed E-state index contributed by atoms with van der Waals surface area (Å²) < 4.78 is 5.15. The normalized spacial score (nSPS) is 14.5. The number of amides is 2. The maximum Gasteiger partial charge on any atom is 0.270 e. The Morgan fingerprint density at radius 2 is 1.65 bits per heavy atom. The third kappa shape index (κ3) is 3.93. The molecule has 0 N–H and O–H groups in total. The van der Waals surface area contributed by atoms with Gasteiger partial charge in [0.2, 0.25) is 0 Å². The molecule has 0 saturated carbocycles. The van der Waals surface area contributed by atoms with Crippen molar-refractivity contribution in [1.82, 2.24) is 4.90 Å². The van der Waals surface area contributed by atoms with Crippen LogP contribution in [0, 0.1) is 10.1 Å². The Morgan fingerprint density at radius 3 is 2.32 bits per heavy atom. The van der Waals surface area contributed by atoms with Gasteiger partial charge in [-0.05, 0) is 41.0 Å². The van der Waals surface area contributed by atoms with Crippen LogP contribution in [-0.4, -0.2) is 28.7 Å². The van der Waals surface area contributed by atoms with Gasteiger partial charge in [0.15, 0.2) is 0 Å². The molecule has 0 unspecified atom stereocenters. The van der Waals surface area contributed by atoms with E-state index in [4.69, 9.17) is 4.74 Å². The number of fused-ring (bicyclic) bond motifs is 1. The van der Waals surface area contributed by atoms with Crippen molar-refractivity contribution >= 4 is 29.2 Å². The van der Waals surface area contributed by atoms with E-state index < -0.39 is 10.8 Å². The number of nitro benzene ring substituents is 1. The van der Waals surface area contributed by atoms with Gasteiger partial charge in [0.1, 0.15) is 5.75 Å². The van der Waals surface area contributed by atoms with Crippen LogP contribution in [-0.2, 0) is 11.3 Å². The molecule has 2 amide bonds. The lowest BCUT2D eigenvalue weighted by molar-refractivity contribution is -0.384. The zero-order chi connectivity index (χ0) is 22.0. The van der Waals surface area contributed by atoms with Gasteiger partial charge < -0.3 is 4.74 Å². The predicted octanol–water partition coefficient (Wildman–Crippen LogP) is 4.33. The fraction of sp³-hybridized carbons (Fsp3) is 0.0833. The fourth-order valence-corrected chi connectivity index (χ4v) is 3.49. The first-order valence-electron chi connectivity index (χ1n) is 9.52. The van der Waals surface area contributed by atoms with E-state index in [9.17, 15) is 19.7 Å². The van der Waals surface area contributed by atoms with E-state index in [0.29, 0.717) is 28.0 Å². The van der Waals surface area contributed by atoms with E-state index in [1.54, 1.807) is 73.8 Å². The number of methoxy groups -OCH3 is 1. The number of benzene rings is 3. The quantitative estimate of drug-likeness (QED) is 0.268. The van der Waals surface area contributed by atoms with E-state index >= 15 is 0 Å². The van der Waals surface area contributed by atoms with Gasteiger partial charge in [-0.3, -0.25) is 24.6 Å². The minimum atomic E-state index is -0.488. The summed E-state index contributed by atoms with van der Waals surface area (Å²) in [6, 6.07) is 20.0. The molecule has 7 nitrogen and oxygen atoms in total. The van der Waals surface area contributed by atoms with E-state index in [1.165, 1.54) is 17.0 Å². The van der Waals surface area contributed by atoms with Crippen LogP contribution in [0.3, 0.4) is 0 Å². The average Bonchev–Trinajstić information content (AvgIpc) is 2.80. The molecule has 7 heteroatoms.